The second-order valence-corrected chi connectivity index (χ2v) is 8.44. The third-order valence-corrected chi connectivity index (χ3v) is 5.94. The monoisotopic (exact) mass is 510 g/mol. The zero-order chi connectivity index (χ0) is 25.3. The van der Waals surface area contributed by atoms with Crippen molar-refractivity contribution < 1.29 is 54.8 Å². The molecule has 0 aliphatic carbocycles. The molecule has 2 saturated heterocycles. The average molecular weight is 510 g/mol. The van der Waals surface area contributed by atoms with E-state index in [0.717, 1.165) is 6.42 Å². The highest BCUT2D eigenvalue weighted by molar-refractivity contribution is 5.32. The molecule has 2 atom stereocenters. The maximum Gasteiger partial charge on any atom is 0.432 e. The maximum atomic E-state index is 14.6. The molecule has 1 N–H and O–H groups in total. The summed E-state index contributed by atoms with van der Waals surface area (Å²) >= 11 is 0. The molecule has 5 nitrogen and oxygen atoms in total. The fraction of sp³-hybridized carbons (Fsp3) is 0.478. The Kier molecular flexibility index (Phi) is 7.55. The zero-order valence-electron chi connectivity index (χ0n) is 18.1. The normalized spacial score (nSPS) is 25.5. The third kappa shape index (κ3) is 5.55. The fourth-order valence-corrected chi connectivity index (χ4v) is 4.06. The van der Waals surface area contributed by atoms with Gasteiger partial charge < -0.3 is 24.1 Å². The van der Waals surface area contributed by atoms with Crippen LogP contribution in [0.25, 0.3) is 0 Å². The molecule has 2 aliphatic rings. The van der Waals surface area contributed by atoms with Crippen LogP contribution < -0.4 is 4.74 Å². The van der Waals surface area contributed by atoms with E-state index in [2.05, 4.69) is 4.74 Å². The molecule has 35 heavy (non-hydrogen) atoms. The highest BCUT2D eigenvalue weighted by Crippen LogP contribution is 2.38. The minimum atomic E-state index is -4.69. The SMILES string of the molecule is OCC1CCC(C2COC(c3cc(F)c(C(F)(F)Oc4cc(F)c(F)c(F)c4)c(F)c3)OC2)OC1. The van der Waals surface area contributed by atoms with Gasteiger partial charge in [-0.2, -0.15) is 8.78 Å². The van der Waals surface area contributed by atoms with Gasteiger partial charge in [-0.25, -0.2) is 22.0 Å². The van der Waals surface area contributed by atoms with E-state index in [1.807, 2.05) is 0 Å². The first kappa shape index (κ1) is 25.7. The first-order valence-electron chi connectivity index (χ1n) is 10.8. The van der Waals surface area contributed by atoms with Crippen LogP contribution in [0.15, 0.2) is 24.3 Å². The molecule has 2 aliphatic heterocycles. The van der Waals surface area contributed by atoms with Crippen molar-refractivity contribution in [2.45, 2.75) is 31.3 Å². The number of hydrogen-bond acceptors (Lipinski definition) is 5. The Morgan fingerprint density at radius 3 is 1.94 bits per heavy atom. The van der Waals surface area contributed by atoms with E-state index in [0.29, 0.717) is 25.2 Å². The van der Waals surface area contributed by atoms with Gasteiger partial charge in [0.1, 0.15) is 22.9 Å². The van der Waals surface area contributed by atoms with E-state index in [4.69, 9.17) is 14.2 Å². The number of benzene rings is 2. The van der Waals surface area contributed by atoms with E-state index in [-0.39, 0.29) is 55.5 Å². The summed E-state index contributed by atoms with van der Waals surface area (Å²) in [6.07, 6.45) is -4.64. The minimum Gasteiger partial charge on any atom is -0.429 e. The van der Waals surface area contributed by atoms with Crippen molar-refractivity contribution in [3.8, 4) is 5.75 Å². The third-order valence-electron chi connectivity index (χ3n) is 5.94. The molecule has 4 rings (SSSR count). The molecular formula is C23H21F7O5. The van der Waals surface area contributed by atoms with Gasteiger partial charge in [-0.05, 0) is 25.0 Å². The summed E-state index contributed by atoms with van der Waals surface area (Å²) in [6.45, 7) is 0.684. The lowest BCUT2D eigenvalue weighted by Crippen LogP contribution is -2.40. The summed E-state index contributed by atoms with van der Waals surface area (Å²) in [5.74, 6) is -10.2. The molecule has 2 aromatic carbocycles. The lowest BCUT2D eigenvalue weighted by atomic mass is 9.92. The minimum absolute atomic E-state index is 0.0291. The standard InChI is InChI=1S/C23H21F7O5/c24-15-3-12(22-33-9-13(10-34-22)19-2-1-11(7-31)8-32-19)4-16(25)20(15)23(29,30)35-14-5-17(26)21(28)18(27)6-14/h3-6,11,13,19,22,31H,1-2,7-10H2. The highest BCUT2D eigenvalue weighted by Gasteiger charge is 2.42. The van der Waals surface area contributed by atoms with Crippen molar-refractivity contribution in [3.05, 3.63) is 64.5 Å². The lowest BCUT2D eigenvalue weighted by Gasteiger charge is -2.37. The van der Waals surface area contributed by atoms with E-state index in [1.165, 1.54) is 0 Å². The van der Waals surface area contributed by atoms with Crippen molar-refractivity contribution in [1.82, 2.24) is 0 Å². The largest absolute Gasteiger partial charge is 0.432 e. The summed E-state index contributed by atoms with van der Waals surface area (Å²) in [7, 11) is 0. The number of alkyl halides is 2. The molecule has 0 saturated carbocycles. The summed E-state index contributed by atoms with van der Waals surface area (Å²) in [4.78, 5) is 0. The average Bonchev–Trinajstić information content (AvgIpc) is 2.81. The smallest absolute Gasteiger partial charge is 0.429 e. The lowest BCUT2D eigenvalue weighted by molar-refractivity contribution is -0.228. The first-order valence-corrected chi connectivity index (χ1v) is 10.8. The second kappa shape index (κ2) is 10.3. The molecule has 12 heteroatoms. The van der Waals surface area contributed by atoms with Crippen LogP contribution in [-0.2, 0) is 20.3 Å². The quantitative estimate of drug-likeness (QED) is 0.440. The molecule has 192 valence electrons. The van der Waals surface area contributed by atoms with Crippen LogP contribution in [0.1, 0.15) is 30.3 Å². The summed E-state index contributed by atoms with van der Waals surface area (Å²) in [5.41, 5.74) is -2.02. The molecular weight excluding hydrogens is 489 g/mol. The van der Waals surface area contributed by atoms with E-state index < -0.39 is 52.8 Å². The van der Waals surface area contributed by atoms with Crippen molar-refractivity contribution in [3.63, 3.8) is 0 Å². The number of rotatable bonds is 6. The van der Waals surface area contributed by atoms with Gasteiger partial charge in [0.25, 0.3) is 0 Å². The topological polar surface area (TPSA) is 57.2 Å². The number of aliphatic hydroxyl groups excluding tert-OH is 1. The van der Waals surface area contributed by atoms with Crippen LogP contribution in [0.4, 0.5) is 30.7 Å². The Morgan fingerprint density at radius 1 is 0.829 bits per heavy atom. The molecule has 0 radical (unpaired) electrons. The highest BCUT2D eigenvalue weighted by atomic mass is 19.3. The van der Waals surface area contributed by atoms with Crippen LogP contribution >= 0.6 is 0 Å². The fourth-order valence-electron chi connectivity index (χ4n) is 4.06. The van der Waals surface area contributed by atoms with Crippen molar-refractivity contribution in [2.75, 3.05) is 26.4 Å². The van der Waals surface area contributed by atoms with Crippen molar-refractivity contribution in [1.29, 1.82) is 0 Å². The Hall–Kier alpha value is -2.41. The number of hydrogen-bond donors (Lipinski definition) is 1. The van der Waals surface area contributed by atoms with E-state index in [1.54, 1.807) is 0 Å². The van der Waals surface area contributed by atoms with Crippen LogP contribution in [0.2, 0.25) is 0 Å². The van der Waals surface area contributed by atoms with E-state index in [9.17, 15) is 35.8 Å². The van der Waals surface area contributed by atoms with Gasteiger partial charge in [-0.1, -0.05) is 0 Å². The van der Waals surface area contributed by atoms with Crippen LogP contribution in [0.5, 0.6) is 5.75 Å². The Balaban J connectivity index is 1.44. The predicted molar refractivity (Wildman–Crippen MR) is 105 cm³/mol. The Labute approximate surface area is 195 Å². The van der Waals surface area contributed by atoms with Crippen molar-refractivity contribution >= 4 is 0 Å². The Bertz CT molecular complexity index is 1000. The van der Waals surface area contributed by atoms with Gasteiger partial charge in [0.2, 0.25) is 0 Å². The maximum absolute atomic E-state index is 14.6. The molecule has 0 bridgehead atoms. The second-order valence-electron chi connectivity index (χ2n) is 8.44. The first-order chi connectivity index (χ1) is 16.6. The van der Waals surface area contributed by atoms with Gasteiger partial charge in [0, 0.05) is 36.1 Å². The molecule has 2 aromatic rings. The zero-order valence-corrected chi connectivity index (χ0v) is 18.1. The van der Waals surface area contributed by atoms with Gasteiger partial charge in [-0.3, -0.25) is 0 Å². The summed E-state index contributed by atoms with van der Waals surface area (Å²) in [6, 6.07) is 1.40. The van der Waals surface area contributed by atoms with Crippen LogP contribution in [0, 0.1) is 40.9 Å². The molecule has 0 aromatic heterocycles. The number of aliphatic hydroxyl groups is 1. The van der Waals surface area contributed by atoms with Gasteiger partial charge in [0.05, 0.1) is 25.9 Å². The van der Waals surface area contributed by atoms with Crippen LogP contribution in [-0.4, -0.2) is 37.6 Å². The molecule has 2 fully saturated rings. The molecule has 2 heterocycles. The van der Waals surface area contributed by atoms with E-state index >= 15 is 0 Å². The molecule has 2 unspecified atom stereocenters. The number of halogens is 7. The number of ether oxygens (including phenoxy) is 4. The molecule has 0 spiro atoms. The van der Waals surface area contributed by atoms with Gasteiger partial charge in [0.15, 0.2) is 23.7 Å². The van der Waals surface area contributed by atoms with Gasteiger partial charge >= 0.3 is 6.11 Å². The van der Waals surface area contributed by atoms with Crippen LogP contribution in [0.3, 0.4) is 0 Å². The van der Waals surface area contributed by atoms with Gasteiger partial charge in [-0.15, -0.1) is 0 Å². The van der Waals surface area contributed by atoms with Crippen molar-refractivity contribution in [2.24, 2.45) is 11.8 Å². The predicted octanol–water partition coefficient (Wildman–Crippen LogP) is 4.96. The molecule has 0 amide bonds. The Morgan fingerprint density at radius 2 is 1.43 bits per heavy atom. The summed E-state index contributed by atoms with van der Waals surface area (Å²) in [5, 5.41) is 9.18. The summed E-state index contributed by atoms with van der Waals surface area (Å²) < 4.78 is 119.